The SMILES string of the molecule is Cc1cccc(N(C)C(=O)C2NCC3(O)CCCC23)c1. The fourth-order valence-corrected chi connectivity index (χ4v) is 3.64. The molecule has 3 unspecified atom stereocenters. The van der Waals surface area contributed by atoms with Gasteiger partial charge in [0.05, 0.1) is 11.6 Å². The first-order valence-corrected chi connectivity index (χ1v) is 7.31. The van der Waals surface area contributed by atoms with Crippen LogP contribution < -0.4 is 10.2 Å². The van der Waals surface area contributed by atoms with Gasteiger partial charge in [-0.25, -0.2) is 0 Å². The van der Waals surface area contributed by atoms with Gasteiger partial charge in [0.2, 0.25) is 5.91 Å². The maximum absolute atomic E-state index is 12.7. The van der Waals surface area contributed by atoms with Gasteiger partial charge in [-0.2, -0.15) is 0 Å². The number of β-amino-alcohol motifs (C(OH)–C–C–N with tert-alkyl or cyclic N) is 1. The van der Waals surface area contributed by atoms with E-state index in [0.29, 0.717) is 6.54 Å². The lowest BCUT2D eigenvalue weighted by molar-refractivity contribution is -0.121. The van der Waals surface area contributed by atoms with Gasteiger partial charge in [0, 0.05) is 25.2 Å². The van der Waals surface area contributed by atoms with Crippen molar-refractivity contribution in [3.8, 4) is 0 Å². The standard InChI is InChI=1S/C16H22N2O2/c1-11-5-3-6-12(9-11)18(2)15(19)14-13-7-4-8-16(13,20)10-17-14/h3,5-6,9,13-14,17,20H,4,7-8,10H2,1-2H3. The number of hydrogen-bond donors (Lipinski definition) is 2. The minimum atomic E-state index is -0.673. The van der Waals surface area contributed by atoms with Crippen LogP contribution >= 0.6 is 0 Å². The summed E-state index contributed by atoms with van der Waals surface area (Å²) in [6, 6.07) is 7.68. The zero-order valence-electron chi connectivity index (χ0n) is 12.1. The molecule has 0 radical (unpaired) electrons. The first-order chi connectivity index (χ1) is 9.51. The van der Waals surface area contributed by atoms with Crippen LogP contribution in [0, 0.1) is 12.8 Å². The minimum absolute atomic E-state index is 0.0541. The fourth-order valence-electron chi connectivity index (χ4n) is 3.64. The lowest BCUT2D eigenvalue weighted by Gasteiger charge is -2.27. The summed E-state index contributed by atoms with van der Waals surface area (Å²) in [5.41, 5.74) is 1.37. The number of hydrogen-bond acceptors (Lipinski definition) is 3. The lowest BCUT2D eigenvalue weighted by atomic mass is 9.89. The third-order valence-corrected chi connectivity index (χ3v) is 4.83. The molecule has 1 saturated heterocycles. The molecule has 1 amide bonds. The quantitative estimate of drug-likeness (QED) is 0.858. The molecule has 1 saturated carbocycles. The van der Waals surface area contributed by atoms with Gasteiger partial charge in [0.25, 0.3) is 0 Å². The Balaban J connectivity index is 1.79. The second kappa shape index (κ2) is 4.86. The average molecular weight is 274 g/mol. The molecule has 20 heavy (non-hydrogen) atoms. The second-order valence-corrected chi connectivity index (χ2v) is 6.20. The van der Waals surface area contributed by atoms with E-state index in [-0.39, 0.29) is 17.9 Å². The molecule has 1 aromatic rings. The highest BCUT2D eigenvalue weighted by Crippen LogP contribution is 2.41. The summed E-state index contributed by atoms with van der Waals surface area (Å²) in [6.45, 7) is 2.56. The molecule has 1 aliphatic heterocycles. The van der Waals surface area contributed by atoms with Gasteiger partial charge < -0.3 is 15.3 Å². The highest BCUT2D eigenvalue weighted by molar-refractivity contribution is 5.97. The van der Waals surface area contributed by atoms with E-state index in [2.05, 4.69) is 5.32 Å². The molecule has 0 spiro atoms. The Morgan fingerprint density at radius 3 is 3.05 bits per heavy atom. The van der Waals surface area contributed by atoms with Crippen LogP contribution in [-0.4, -0.2) is 36.2 Å². The first-order valence-electron chi connectivity index (χ1n) is 7.31. The van der Waals surface area contributed by atoms with Crippen molar-refractivity contribution in [2.45, 2.75) is 37.8 Å². The van der Waals surface area contributed by atoms with E-state index in [1.807, 2.05) is 38.2 Å². The number of benzene rings is 1. The highest BCUT2D eigenvalue weighted by Gasteiger charge is 2.52. The van der Waals surface area contributed by atoms with Crippen molar-refractivity contribution in [1.82, 2.24) is 5.32 Å². The smallest absolute Gasteiger partial charge is 0.244 e. The highest BCUT2D eigenvalue weighted by atomic mass is 16.3. The topological polar surface area (TPSA) is 52.6 Å². The van der Waals surface area contributed by atoms with E-state index in [1.165, 1.54) is 0 Å². The number of nitrogens with one attached hydrogen (secondary N) is 1. The number of amides is 1. The Labute approximate surface area is 119 Å². The zero-order chi connectivity index (χ0) is 14.3. The Bertz CT molecular complexity index is 531. The second-order valence-electron chi connectivity index (χ2n) is 6.20. The molecular weight excluding hydrogens is 252 g/mol. The van der Waals surface area contributed by atoms with E-state index in [1.54, 1.807) is 4.90 Å². The van der Waals surface area contributed by atoms with Crippen LogP contribution in [0.4, 0.5) is 5.69 Å². The molecule has 4 heteroatoms. The molecule has 0 bridgehead atoms. The molecular formula is C16H22N2O2. The summed E-state index contributed by atoms with van der Waals surface area (Å²) < 4.78 is 0. The van der Waals surface area contributed by atoms with Crippen molar-refractivity contribution in [2.75, 3.05) is 18.5 Å². The van der Waals surface area contributed by atoms with Crippen molar-refractivity contribution in [1.29, 1.82) is 0 Å². The minimum Gasteiger partial charge on any atom is -0.388 e. The van der Waals surface area contributed by atoms with E-state index in [4.69, 9.17) is 0 Å². The number of carbonyl (C=O) groups is 1. The number of aliphatic hydroxyl groups is 1. The molecule has 1 aromatic carbocycles. The summed E-state index contributed by atoms with van der Waals surface area (Å²) in [5, 5.41) is 13.7. The molecule has 4 nitrogen and oxygen atoms in total. The summed E-state index contributed by atoms with van der Waals surface area (Å²) in [6.07, 6.45) is 2.75. The number of fused-ring (bicyclic) bond motifs is 1. The lowest BCUT2D eigenvalue weighted by Crippen LogP contribution is -2.45. The maximum atomic E-state index is 12.7. The molecule has 2 N–H and O–H groups in total. The van der Waals surface area contributed by atoms with Gasteiger partial charge in [-0.15, -0.1) is 0 Å². The molecule has 3 rings (SSSR count). The van der Waals surface area contributed by atoms with Gasteiger partial charge >= 0.3 is 0 Å². The Hall–Kier alpha value is -1.39. The Morgan fingerprint density at radius 2 is 2.30 bits per heavy atom. The third-order valence-electron chi connectivity index (χ3n) is 4.83. The number of anilines is 1. The van der Waals surface area contributed by atoms with E-state index in [0.717, 1.165) is 30.5 Å². The van der Waals surface area contributed by atoms with Crippen LogP contribution in [0.2, 0.25) is 0 Å². The number of aryl methyl sites for hydroxylation is 1. The summed E-state index contributed by atoms with van der Waals surface area (Å²) in [4.78, 5) is 14.4. The maximum Gasteiger partial charge on any atom is 0.244 e. The van der Waals surface area contributed by atoms with Crippen molar-refractivity contribution >= 4 is 11.6 Å². The molecule has 1 aliphatic carbocycles. The zero-order valence-corrected chi connectivity index (χ0v) is 12.1. The molecule has 1 heterocycles. The fraction of sp³-hybridized carbons (Fsp3) is 0.562. The van der Waals surface area contributed by atoms with E-state index >= 15 is 0 Å². The summed E-state index contributed by atoms with van der Waals surface area (Å²) in [5.74, 6) is 0.112. The van der Waals surface area contributed by atoms with Crippen LogP contribution in [0.1, 0.15) is 24.8 Å². The Kier molecular flexibility index (Phi) is 3.30. The number of rotatable bonds is 2. The van der Waals surface area contributed by atoms with E-state index < -0.39 is 5.60 Å². The van der Waals surface area contributed by atoms with Crippen LogP contribution in [0.15, 0.2) is 24.3 Å². The summed E-state index contributed by atoms with van der Waals surface area (Å²) >= 11 is 0. The molecule has 2 fully saturated rings. The molecule has 108 valence electrons. The predicted octanol–water partition coefficient (Wildman–Crippen LogP) is 1.46. The van der Waals surface area contributed by atoms with Crippen molar-refractivity contribution in [3.63, 3.8) is 0 Å². The van der Waals surface area contributed by atoms with Crippen LogP contribution in [0.3, 0.4) is 0 Å². The number of likely N-dealkylation sites (N-methyl/N-ethyl adjacent to an activating group) is 1. The average Bonchev–Trinajstić information content (AvgIpc) is 2.93. The first kappa shape index (κ1) is 13.6. The van der Waals surface area contributed by atoms with Crippen LogP contribution in [0.5, 0.6) is 0 Å². The monoisotopic (exact) mass is 274 g/mol. The van der Waals surface area contributed by atoms with Crippen molar-refractivity contribution in [2.24, 2.45) is 5.92 Å². The van der Waals surface area contributed by atoms with Gasteiger partial charge in [-0.05, 0) is 37.5 Å². The van der Waals surface area contributed by atoms with Gasteiger partial charge in [0.1, 0.15) is 0 Å². The predicted molar refractivity (Wildman–Crippen MR) is 78.7 cm³/mol. The summed E-state index contributed by atoms with van der Waals surface area (Å²) in [7, 11) is 1.81. The molecule has 3 atom stereocenters. The van der Waals surface area contributed by atoms with Gasteiger partial charge in [-0.1, -0.05) is 18.6 Å². The number of carbonyl (C=O) groups excluding carboxylic acids is 1. The number of nitrogens with zero attached hydrogens (tertiary/aromatic N) is 1. The molecule has 2 aliphatic rings. The normalized spacial score (nSPS) is 32.1. The largest absolute Gasteiger partial charge is 0.388 e. The molecule has 0 aromatic heterocycles. The van der Waals surface area contributed by atoms with E-state index in [9.17, 15) is 9.90 Å². The van der Waals surface area contributed by atoms with Gasteiger partial charge in [0.15, 0.2) is 0 Å². The Morgan fingerprint density at radius 1 is 1.50 bits per heavy atom. The van der Waals surface area contributed by atoms with Crippen LogP contribution in [0.25, 0.3) is 0 Å². The van der Waals surface area contributed by atoms with Crippen LogP contribution in [-0.2, 0) is 4.79 Å². The van der Waals surface area contributed by atoms with Crippen molar-refractivity contribution < 1.29 is 9.90 Å². The van der Waals surface area contributed by atoms with Gasteiger partial charge in [-0.3, -0.25) is 4.79 Å². The van der Waals surface area contributed by atoms with Crippen molar-refractivity contribution in [3.05, 3.63) is 29.8 Å². The third kappa shape index (κ3) is 2.13.